The molecule has 0 fully saturated rings. The molecule has 0 aromatic rings. The molecule has 0 bridgehead atoms. The molecule has 0 aromatic heterocycles. The highest BCUT2D eigenvalue weighted by atomic mass is 16.6. The maximum atomic E-state index is 12.8. The van der Waals surface area contributed by atoms with Gasteiger partial charge in [0.2, 0.25) is 0 Å². The summed E-state index contributed by atoms with van der Waals surface area (Å²) < 4.78 is 16.8. The summed E-state index contributed by atoms with van der Waals surface area (Å²) in [5, 5.41) is 0. The lowest BCUT2D eigenvalue weighted by molar-refractivity contribution is -0.167. The Balaban J connectivity index is 4.18. The van der Waals surface area contributed by atoms with E-state index in [1.54, 1.807) is 0 Å². The summed E-state index contributed by atoms with van der Waals surface area (Å²) in [6.07, 6.45) is 56.4. The number of esters is 3. The van der Waals surface area contributed by atoms with Crippen LogP contribution >= 0.6 is 0 Å². The fraction of sp³-hybridized carbons (Fsp3) is 0.909. The van der Waals surface area contributed by atoms with Crippen LogP contribution in [0, 0.1) is 0 Å². The molecule has 0 spiro atoms. The summed E-state index contributed by atoms with van der Waals surface area (Å²) in [4.78, 5) is 37.8. The minimum atomic E-state index is -0.763. The Morgan fingerprint density at radius 3 is 0.820 bits per heavy atom. The zero-order valence-electron chi connectivity index (χ0n) is 41.2. The van der Waals surface area contributed by atoms with Crippen molar-refractivity contribution in [2.24, 2.45) is 0 Å². The van der Waals surface area contributed by atoms with Gasteiger partial charge in [0.1, 0.15) is 13.2 Å². The molecular weight excluding hydrogens is 757 g/mol. The van der Waals surface area contributed by atoms with E-state index in [-0.39, 0.29) is 31.1 Å². The maximum absolute atomic E-state index is 12.8. The van der Waals surface area contributed by atoms with Crippen molar-refractivity contribution in [2.45, 2.75) is 309 Å². The summed E-state index contributed by atoms with van der Waals surface area (Å²) >= 11 is 0. The third kappa shape index (κ3) is 49.0. The molecule has 0 saturated carbocycles. The average molecular weight is 861 g/mol. The van der Waals surface area contributed by atoms with Crippen LogP contribution in [0.1, 0.15) is 303 Å². The van der Waals surface area contributed by atoms with E-state index in [2.05, 4.69) is 32.9 Å². The molecule has 0 heterocycles. The van der Waals surface area contributed by atoms with Crippen LogP contribution in [0.4, 0.5) is 0 Å². The highest BCUT2D eigenvalue weighted by Gasteiger charge is 2.19. The van der Waals surface area contributed by atoms with Crippen LogP contribution in [0.5, 0.6) is 0 Å². The van der Waals surface area contributed by atoms with Crippen molar-refractivity contribution < 1.29 is 28.6 Å². The monoisotopic (exact) mass is 861 g/mol. The van der Waals surface area contributed by atoms with Crippen LogP contribution in [-0.2, 0) is 28.6 Å². The van der Waals surface area contributed by atoms with Gasteiger partial charge in [0.25, 0.3) is 0 Å². The van der Waals surface area contributed by atoms with Crippen molar-refractivity contribution in [2.75, 3.05) is 13.2 Å². The Morgan fingerprint density at radius 1 is 0.311 bits per heavy atom. The van der Waals surface area contributed by atoms with Gasteiger partial charge >= 0.3 is 17.9 Å². The van der Waals surface area contributed by atoms with Crippen LogP contribution < -0.4 is 0 Å². The summed E-state index contributed by atoms with van der Waals surface area (Å²) in [6.45, 7) is 6.64. The predicted octanol–water partition coefficient (Wildman–Crippen LogP) is 17.8. The SMILES string of the molecule is CCCCCCCC/C=C\CCCCCCCCCCCC(=O)OCC(COC(=O)CCCCCCCCC)OC(=O)CCCCCCCCCCCCCCCCCCC. The van der Waals surface area contributed by atoms with Crippen molar-refractivity contribution in [1.29, 1.82) is 0 Å². The second kappa shape index (κ2) is 50.8. The molecule has 360 valence electrons. The molecule has 0 aromatic carbocycles. The zero-order chi connectivity index (χ0) is 44.4. The Hall–Kier alpha value is -1.85. The molecule has 0 radical (unpaired) electrons. The number of ether oxygens (including phenoxy) is 3. The van der Waals surface area contributed by atoms with E-state index in [4.69, 9.17) is 14.2 Å². The number of carbonyl (C=O) groups is 3. The second-order valence-electron chi connectivity index (χ2n) is 18.5. The predicted molar refractivity (Wildman–Crippen MR) is 261 cm³/mol. The molecule has 0 aliphatic rings. The van der Waals surface area contributed by atoms with E-state index in [0.717, 1.165) is 57.8 Å². The van der Waals surface area contributed by atoms with Crippen molar-refractivity contribution in [3.63, 3.8) is 0 Å². The first-order valence-corrected chi connectivity index (χ1v) is 27.2. The number of allylic oxidation sites excluding steroid dienone is 2. The van der Waals surface area contributed by atoms with E-state index in [0.29, 0.717) is 19.3 Å². The van der Waals surface area contributed by atoms with Crippen LogP contribution in [-0.4, -0.2) is 37.2 Å². The highest BCUT2D eigenvalue weighted by Crippen LogP contribution is 2.17. The van der Waals surface area contributed by atoms with Gasteiger partial charge in [0.05, 0.1) is 0 Å². The minimum absolute atomic E-state index is 0.0661. The highest BCUT2D eigenvalue weighted by molar-refractivity contribution is 5.71. The molecule has 0 amide bonds. The first-order chi connectivity index (χ1) is 30.0. The van der Waals surface area contributed by atoms with E-state index < -0.39 is 6.10 Å². The Kier molecular flexibility index (Phi) is 49.3. The molecule has 0 aliphatic carbocycles. The van der Waals surface area contributed by atoms with Crippen molar-refractivity contribution in [1.82, 2.24) is 0 Å². The molecular formula is C55H104O6. The van der Waals surface area contributed by atoms with Gasteiger partial charge in [-0.15, -0.1) is 0 Å². The number of unbranched alkanes of at least 4 members (excludes halogenated alkanes) is 37. The van der Waals surface area contributed by atoms with Crippen LogP contribution in [0.2, 0.25) is 0 Å². The molecule has 0 aliphatic heterocycles. The summed E-state index contributed by atoms with van der Waals surface area (Å²) in [5.74, 6) is -0.856. The van der Waals surface area contributed by atoms with E-state index in [9.17, 15) is 14.4 Å². The van der Waals surface area contributed by atoms with Gasteiger partial charge < -0.3 is 14.2 Å². The van der Waals surface area contributed by atoms with Crippen LogP contribution in [0.25, 0.3) is 0 Å². The van der Waals surface area contributed by atoms with Gasteiger partial charge in [0.15, 0.2) is 6.10 Å². The van der Waals surface area contributed by atoms with E-state index in [1.165, 1.54) is 205 Å². The number of rotatable bonds is 50. The van der Waals surface area contributed by atoms with Crippen molar-refractivity contribution in [3.8, 4) is 0 Å². The van der Waals surface area contributed by atoms with Crippen molar-refractivity contribution in [3.05, 3.63) is 12.2 Å². The number of hydrogen-bond donors (Lipinski definition) is 0. The lowest BCUT2D eigenvalue weighted by Crippen LogP contribution is -2.30. The fourth-order valence-corrected chi connectivity index (χ4v) is 8.14. The van der Waals surface area contributed by atoms with Gasteiger partial charge in [-0.25, -0.2) is 0 Å². The zero-order valence-corrected chi connectivity index (χ0v) is 41.2. The Labute approximate surface area is 380 Å². The third-order valence-electron chi connectivity index (χ3n) is 12.3. The van der Waals surface area contributed by atoms with Gasteiger partial charge in [-0.1, -0.05) is 251 Å². The lowest BCUT2D eigenvalue weighted by Gasteiger charge is -2.18. The van der Waals surface area contributed by atoms with Gasteiger partial charge in [-0.3, -0.25) is 14.4 Å². The smallest absolute Gasteiger partial charge is 0.306 e. The van der Waals surface area contributed by atoms with Gasteiger partial charge in [-0.05, 0) is 44.9 Å². The van der Waals surface area contributed by atoms with Crippen LogP contribution in [0.15, 0.2) is 12.2 Å². The van der Waals surface area contributed by atoms with Crippen LogP contribution in [0.3, 0.4) is 0 Å². The Bertz CT molecular complexity index is 947. The normalized spacial score (nSPS) is 12.0. The molecule has 61 heavy (non-hydrogen) atoms. The lowest BCUT2D eigenvalue weighted by atomic mass is 10.0. The average Bonchev–Trinajstić information content (AvgIpc) is 3.26. The first kappa shape index (κ1) is 59.1. The molecule has 6 heteroatoms. The number of hydrogen-bond acceptors (Lipinski definition) is 6. The molecule has 1 unspecified atom stereocenters. The minimum Gasteiger partial charge on any atom is -0.462 e. The second-order valence-corrected chi connectivity index (χ2v) is 18.5. The number of carbonyl (C=O) groups excluding carboxylic acids is 3. The molecule has 0 saturated heterocycles. The third-order valence-corrected chi connectivity index (χ3v) is 12.3. The fourth-order valence-electron chi connectivity index (χ4n) is 8.14. The topological polar surface area (TPSA) is 78.9 Å². The Morgan fingerprint density at radius 2 is 0.541 bits per heavy atom. The first-order valence-electron chi connectivity index (χ1n) is 27.2. The van der Waals surface area contributed by atoms with E-state index in [1.807, 2.05) is 0 Å². The quantitative estimate of drug-likeness (QED) is 0.0262. The standard InChI is InChI=1S/C55H104O6/c1-4-7-10-13-16-18-20-22-24-26-27-29-30-32-34-36-39-42-45-48-54(57)60-51-52(50-59-53(56)47-44-41-38-15-12-9-6-3)61-55(58)49-46-43-40-37-35-33-31-28-25-23-21-19-17-14-11-8-5-2/h22,24,52H,4-21,23,25-51H2,1-3H3/b24-22-. The van der Waals surface area contributed by atoms with Crippen molar-refractivity contribution >= 4 is 17.9 Å². The molecule has 0 N–H and O–H groups in total. The molecule has 6 nitrogen and oxygen atoms in total. The maximum Gasteiger partial charge on any atom is 0.306 e. The molecule has 0 rings (SSSR count). The van der Waals surface area contributed by atoms with Gasteiger partial charge in [0, 0.05) is 19.3 Å². The summed E-state index contributed by atoms with van der Waals surface area (Å²) in [6, 6.07) is 0. The summed E-state index contributed by atoms with van der Waals surface area (Å²) in [5.41, 5.74) is 0. The van der Waals surface area contributed by atoms with Gasteiger partial charge in [-0.2, -0.15) is 0 Å². The summed E-state index contributed by atoms with van der Waals surface area (Å²) in [7, 11) is 0. The molecule has 1 atom stereocenters. The largest absolute Gasteiger partial charge is 0.462 e. The van der Waals surface area contributed by atoms with E-state index >= 15 is 0 Å².